The van der Waals surface area contributed by atoms with Crippen LogP contribution < -0.4 is 25.1 Å². The van der Waals surface area contributed by atoms with Gasteiger partial charge in [0.1, 0.15) is 8.07 Å². The highest BCUT2D eigenvalue weighted by Crippen LogP contribution is 2.60. The van der Waals surface area contributed by atoms with Crippen LogP contribution in [0.3, 0.4) is 0 Å². The number of hydrogen-bond donors (Lipinski definition) is 0. The molecule has 0 aromatic heterocycles. The monoisotopic (exact) mass is 1760 g/mol. The second-order valence-corrected chi connectivity index (χ2v) is 40.8. The van der Waals surface area contributed by atoms with Crippen molar-refractivity contribution >= 4 is 69.6 Å². The molecule has 0 radical (unpaired) electrons. The molecule has 1 heterocycles. The number of rotatable bonds is 18. The van der Waals surface area contributed by atoms with Gasteiger partial charge in [-0.1, -0.05) is 494 Å². The maximum absolute atomic E-state index is 2.49. The highest BCUT2D eigenvalue weighted by Gasteiger charge is 2.47. The van der Waals surface area contributed by atoms with Crippen LogP contribution in [0.2, 0.25) is 13.1 Å². The lowest BCUT2D eigenvalue weighted by molar-refractivity contribution is 0.660. The molecule has 3 nitrogen and oxygen atoms in total. The quantitative estimate of drug-likeness (QED) is 0.0793. The summed E-state index contributed by atoms with van der Waals surface area (Å²) in [5.74, 6) is 0. The number of benzene rings is 21. The van der Waals surface area contributed by atoms with Gasteiger partial charge in [-0.2, -0.15) is 0 Å². The van der Waals surface area contributed by atoms with Crippen molar-refractivity contribution in [2.24, 2.45) is 0 Å². The zero-order valence-corrected chi connectivity index (χ0v) is 77.7. The Bertz CT molecular complexity index is 7620. The molecule has 2 aliphatic carbocycles. The first kappa shape index (κ1) is 84.8. The zero-order valence-electron chi connectivity index (χ0n) is 76.7. The summed E-state index contributed by atoms with van der Waals surface area (Å²) in [6, 6.07) is 196. The van der Waals surface area contributed by atoms with Gasteiger partial charge in [0.05, 0.1) is 22.5 Å². The Morgan fingerprint density at radius 3 is 0.787 bits per heavy atom. The molecule has 0 spiro atoms. The van der Waals surface area contributed by atoms with Gasteiger partial charge in [-0.15, -0.1) is 0 Å². The summed E-state index contributed by atoms with van der Waals surface area (Å²) in [7, 11) is -1.90. The minimum Gasteiger partial charge on any atom is -0.309 e. The van der Waals surface area contributed by atoms with Crippen molar-refractivity contribution in [3.05, 3.63) is 573 Å². The third-order valence-electron chi connectivity index (χ3n) is 27.9. The minimum atomic E-state index is -1.90. The smallest absolute Gasteiger partial charge is 0.113 e. The second-order valence-electron chi connectivity index (χ2n) is 36.5. The van der Waals surface area contributed by atoms with Gasteiger partial charge >= 0.3 is 0 Å². The van der Waals surface area contributed by atoms with Gasteiger partial charge in [0.15, 0.2) is 0 Å². The molecule has 0 atom stereocenters. The lowest BCUT2D eigenvalue weighted by Gasteiger charge is -2.35. The lowest BCUT2D eigenvalue weighted by atomic mass is 9.67. The minimum absolute atomic E-state index is 0.0779. The van der Waals surface area contributed by atoms with Crippen LogP contribution in [0.15, 0.2) is 540 Å². The molecule has 136 heavy (non-hydrogen) atoms. The molecule has 24 rings (SSSR count). The maximum atomic E-state index is 2.49. The van der Waals surface area contributed by atoms with Crippen LogP contribution in [0.4, 0.5) is 51.2 Å². The predicted octanol–water partition coefficient (Wildman–Crippen LogP) is 34.6. The summed E-state index contributed by atoms with van der Waals surface area (Å²) >= 11 is 0. The van der Waals surface area contributed by atoms with E-state index < -0.39 is 13.5 Å². The topological polar surface area (TPSA) is 9.72 Å². The Morgan fingerprint density at radius 2 is 0.404 bits per heavy atom. The van der Waals surface area contributed by atoms with E-state index in [4.69, 9.17) is 0 Å². The van der Waals surface area contributed by atoms with E-state index in [1.54, 1.807) is 0 Å². The molecular weight excluding hydrogens is 1660 g/mol. The van der Waals surface area contributed by atoms with Crippen molar-refractivity contribution in [3.8, 4) is 111 Å². The van der Waals surface area contributed by atoms with E-state index in [1.165, 1.54) is 172 Å². The Hall–Kier alpha value is -16.8. The second kappa shape index (κ2) is 36.8. The van der Waals surface area contributed by atoms with E-state index in [-0.39, 0.29) is 5.41 Å². The van der Waals surface area contributed by atoms with E-state index >= 15 is 0 Å². The summed E-state index contributed by atoms with van der Waals surface area (Å²) in [6.45, 7) is 9.69. The zero-order chi connectivity index (χ0) is 91.5. The number of nitrogens with zero attached hydrogens (tertiary/aromatic N) is 3. The number of fused-ring (bicyclic) bond motifs is 9. The van der Waals surface area contributed by atoms with E-state index in [2.05, 4.69) is 582 Å². The molecular formula is C132H101N3Si. The normalized spacial score (nSPS) is 12.7. The standard InChI is InChI=1S/C49H35N.C44H35NSi.C39H31N/c1-6-19-36(20-7-1)42-30-18-31-43(37-21-8-2-9-22-37)48(42)50(40-27-14-5-15-28-40)41-33-34-45-44-29-16-17-32-46(44)49(47(45)35-41,38-23-10-3-11-24-38)39-25-12-4-13-26-39;1-46(2)42-24-13-12-21-40(42)41-30-29-37(31-43(41)46)45(36-27-25-33(26-28-36)32-15-6-3-7-16-32)44-38(34-17-8-4-9-18-34)22-14-23-39(44)35-19-10-5-11-20-35;1-39(2)36-24-13-12-21-34(36)35-26-25-31(27-37(35)39)40(30-19-10-5-11-20-30)38-32(28-15-6-3-7-16-28)22-14-23-33(38)29-17-8-4-9-18-29/h1-35H;3-31H,1-2H3;3-27H,1-2H3. The summed E-state index contributed by atoms with van der Waals surface area (Å²) in [5, 5.41) is 3.02. The van der Waals surface area contributed by atoms with Gasteiger partial charge in [0.2, 0.25) is 0 Å². The fraction of sp³-hybridized carbons (Fsp3) is 0.0455. The van der Waals surface area contributed by atoms with Crippen molar-refractivity contribution in [2.45, 2.75) is 37.8 Å². The van der Waals surface area contributed by atoms with E-state index in [9.17, 15) is 0 Å². The largest absolute Gasteiger partial charge is 0.309 e. The van der Waals surface area contributed by atoms with Gasteiger partial charge in [-0.3, -0.25) is 0 Å². The molecule has 0 saturated heterocycles. The fourth-order valence-electron chi connectivity index (χ4n) is 21.5. The third-order valence-corrected chi connectivity index (χ3v) is 31.4. The molecule has 0 amide bonds. The van der Waals surface area contributed by atoms with Crippen molar-refractivity contribution in [1.82, 2.24) is 0 Å². The highest BCUT2D eigenvalue weighted by atomic mass is 28.3. The molecule has 1 aliphatic heterocycles. The van der Waals surface area contributed by atoms with Crippen molar-refractivity contribution in [3.63, 3.8) is 0 Å². The third kappa shape index (κ3) is 15.5. The number of para-hydroxylation sites is 5. The summed E-state index contributed by atoms with van der Waals surface area (Å²) in [6.07, 6.45) is 0. The molecule has 3 aliphatic rings. The van der Waals surface area contributed by atoms with Crippen molar-refractivity contribution < 1.29 is 0 Å². The van der Waals surface area contributed by atoms with Crippen molar-refractivity contribution in [2.75, 3.05) is 14.7 Å². The van der Waals surface area contributed by atoms with Crippen LogP contribution in [-0.4, -0.2) is 8.07 Å². The van der Waals surface area contributed by atoms with Crippen LogP contribution >= 0.6 is 0 Å². The van der Waals surface area contributed by atoms with Gasteiger partial charge in [0, 0.05) is 72.9 Å². The van der Waals surface area contributed by atoms with E-state index in [0.717, 1.165) is 34.1 Å². The highest BCUT2D eigenvalue weighted by molar-refractivity contribution is 7.03. The average molecular weight is 1760 g/mol. The van der Waals surface area contributed by atoms with Gasteiger partial charge < -0.3 is 14.7 Å². The summed E-state index contributed by atoms with van der Waals surface area (Å²) in [4.78, 5) is 7.41. The van der Waals surface area contributed by atoms with Crippen LogP contribution in [-0.2, 0) is 10.8 Å². The first-order valence-electron chi connectivity index (χ1n) is 47.3. The average Bonchev–Trinajstić information content (AvgIpc) is 1.53. The lowest BCUT2D eigenvalue weighted by Crippen LogP contribution is -2.49. The first-order valence-corrected chi connectivity index (χ1v) is 50.3. The summed E-state index contributed by atoms with van der Waals surface area (Å²) in [5.41, 5.74) is 42.4. The Labute approximate surface area is 800 Å². The van der Waals surface area contributed by atoms with Gasteiger partial charge in [-0.05, 0) is 194 Å². The van der Waals surface area contributed by atoms with Gasteiger partial charge in [-0.25, -0.2) is 0 Å². The Balaban J connectivity index is 0.000000119. The maximum Gasteiger partial charge on any atom is 0.113 e. The van der Waals surface area contributed by atoms with E-state index in [1.807, 2.05) is 0 Å². The number of anilines is 9. The molecule has 21 aromatic rings. The fourth-order valence-corrected chi connectivity index (χ4v) is 24.6. The molecule has 0 bridgehead atoms. The van der Waals surface area contributed by atoms with Crippen molar-refractivity contribution in [1.29, 1.82) is 0 Å². The SMILES string of the molecule is CC1(C)c2ccccc2-c2ccc(N(c3ccccc3)c3c(-c4ccccc4)cccc3-c3ccccc3)cc21.C[Si]1(C)c2ccccc2-c2ccc(N(c3ccc(-c4ccccc4)cc3)c3c(-c4ccccc4)cccc3-c3ccccc3)cc21.c1ccc(-c2cccc(-c3ccccc3)c2N(c2ccccc2)c2ccc3c(c2)C(c2ccccc2)(c2ccccc2)c2ccccc2-3)cc1. The Kier molecular flexibility index (Phi) is 22.9. The molecule has 4 heteroatoms. The molecule has 0 unspecified atom stereocenters. The Morgan fingerprint density at radius 1 is 0.162 bits per heavy atom. The number of hydrogen-bond acceptors (Lipinski definition) is 3. The predicted molar refractivity (Wildman–Crippen MR) is 578 cm³/mol. The molecule has 648 valence electrons. The molecule has 21 aromatic carbocycles. The summed E-state index contributed by atoms with van der Waals surface area (Å²) < 4.78 is 0. The molecule has 0 fully saturated rings. The first-order chi connectivity index (χ1) is 67.1. The van der Waals surface area contributed by atoms with Crippen LogP contribution in [0.5, 0.6) is 0 Å². The van der Waals surface area contributed by atoms with Gasteiger partial charge in [0.25, 0.3) is 0 Å². The van der Waals surface area contributed by atoms with Crippen LogP contribution in [0.25, 0.3) is 111 Å². The van der Waals surface area contributed by atoms with Crippen LogP contribution in [0, 0.1) is 0 Å². The molecule has 0 saturated carbocycles. The van der Waals surface area contributed by atoms with E-state index in [0.29, 0.717) is 0 Å². The van der Waals surface area contributed by atoms with Crippen LogP contribution in [0.1, 0.15) is 47.2 Å². The molecule has 0 N–H and O–H groups in total.